The molecule has 2 heterocycles. The maximum Gasteiger partial charge on any atom is 0.337 e. The van der Waals surface area contributed by atoms with Crippen molar-refractivity contribution in [3.05, 3.63) is 23.5 Å². The second-order valence-electron chi connectivity index (χ2n) is 6.49. The van der Waals surface area contributed by atoms with Crippen molar-refractivity contribution in [2.24, 2.45) is 5.92 Å². The summed E-state index contributed by atoms with van der Waals surface area (Å²) < 4.78 is 25.8. The van der Waals surface area contributed by atoms with Gasteiger partial charge in [-0.05, 0) is 6.92 Å². The van der Waals surface area contributed by atoms with E-state index >= 15 is 0 Å². The van der Waals surface area contributed by atoms with Gasteiger partial charge in [0.15, 0.2) is 6.29 Å². The van der Waals surface area contributed by atoms with E-state index in [1.165, 1.54) is 14.2 Å². The highest BCUT2D eigenvalue weighted by Crippen LogP contribution is 2.36. The van der Waals surface area contributed by atoms with Gasteiger partial charge in [0.05, 0.1) is 39.1 Å². The van der Waals surface area contributed by atoms with E-state index in [0.29, 0.717) is 5.57 Å². The highest BCUT2D eigenvalue weighted by atomic mass is 16.8. The van der Waals surface area contributed by atoms with Crippen LogP contribution in [0.4, 0.5) is 0 Å². The first kappa shape index (κ1) is 23.3. The summed E-state index contributed by atoms with van der Waals surface area (Å²) in [7, 11) is 2.39. The average molecular weight is 418 g/mol. The lowest BCUT2D eigenvalue weighted by molar-refractivity contribution is -0.327. The van der Waals surface area contributed by atoms with Crippen molar-refractivity contribution in [3.63, 3.8) is 0 Å². The number of rotatable bonds is 6. The lowest BCUT2D eigenvalue weighted by atomic mass is 9.86. The zero-order chi connectivity index (χ0) is 21.7. The van der Waals surface area contributed by atoms with E-state index in [1.54, 1.807) is 13.0 Å². The summed E-state index contributed by atoms with van der Waals surface area (Å²) >= 11 is 0. The number of aliphatic hydroxyl groups is 4. The van der Waals surface area contributed by atoms with Crippen LogP contribution in [0.25, 0.3) is 0 Å². The van der Waals surface area contributed by atoms with Gasteiger partial charge in [0.2, 0.25) is 6.29 Å². The van der Waals surface area contributed by atoms with E-state index in [4.69, 9.17) is 18.9 Å². The van der Waals surface area contributed by atoms with E-state index in [9.17, 15) is 30.0 Å². The van der Waals surface area contributed by atoms with E-state index in [2.05, 4.69) is 4.74 Å². The van der Waals surface area contributed by atoms with Crippen LogP contribution in [0.3, 0.4) is 0 Å². The average Bonchev–Trinajstić information content (AvgIpc) is 2.73. The third kappa shape index (κ3) is 4.94. The SMILES string of the molecule is C/C=C1/C(CC(=O)OC)C(C(=O)OC)=CO[C@H]1OC1O[C@H](CO)[C@@H](O)[C@H](O)[C@H]1O. The number of carbonyl (C=O) groups excluding carboxylic acids is 2. The van der Waals surface area contributed by atoms with Gasteiger partial charge in [0.1, 0.15) is 24.4 Å². The smallest absolute Gasteiger partial charge is 0.337 e. The summed E-state index contributed by atoms with van der Waals surface area (Å²) in [5.41, 5.74) is 0.426. The molecule has 0 aromatic heterocycles. The maximum absolute atomic E-state index is 12.1. The fourth-order valence-electron chi connectivity index (χ4n) is 3.18. The van der Waals surface area contributed by atoms with Crippen molar-refractivity contribution in [2.75, 3.05) is 20.8 Å². The quantitative estimate of drug-likeness (QED) is 0.289. The van der Waals surface area contributed by atoms with E-state index in [1.807, 2.05) is 0 Å². The van der Waals surface area contributed by atoms with Crippen molar-refractivity contribution in [1.29, 1.82) is 0 Å². The molecular weight excluding hydrogens is 392 g/mol. The molecule has 0 aromatic rings. The van der Waals surface area contributed by atoms with E-state index in [0.717, 1.165) is 6.26 Å². The van der Waals surface area contributed by atoms with Crippen LogP contribution in [0.5, 0.6) is 0 Å². The lowest BCUT2D eigenvalue weighted by Crippen LogP contribution is -2.60. The van der Waals surface area contributed by atoms with Gasteiger partial charge in [-0.25, -0.2) is 4.79 Å². The van der Waals surface area contributed by atoms with E-state index in [-0.39, 0.29) is 12.0 Å². The first-order valence-electron chi connectivity index (χ1n) is 8.91. The van der Waals surface area contributed by atoms with Crippen LogP contribution in [0.15, 0.2) is 23.5 Å². The molecule has 1 saturated heterocycles. The van der Waals surface area contributed by atoms with Gasteiger partial charge in [0, 0.05) is 11.5 Å². The summed E-state index contributed by atoms with van der Waals surface area (Å²) in [6.45, 7) is 1.01. The lowest BCUT2D eigenvalue weighted by Gasteiger charge is -2.41. The number of carbonyl (C=O) groups is 2. The molecule has 164 valence electrons. The number of esters is 2. The van der Waals surface area contributed by atoms with Crippen LogP contribution in [0.1, 0.15) is 13.3 Å². The number of hydrogen-bond acceptors (Lipinski definition) is 11. The minimum absolute atomic E-state index is 0.0691. The van der Waals surface area contributed by atoms with Crippen LogP contribution in [0, 0.1) is 5.92 Å². The fourth-order valence-corrected chi connectivity index (χ4v) is 3.18. The van der Waals surface area contributed by atoms with Crippen LogP contribution in [0.2, 0.25) is 0 Å². The van der Waals surface area contributed by atoms with Crippen LogP contribution >= 0.6 is 0 Å². The summed E-state index contributed by atoms with van der Waals surface area (Å²) in [6.07, 6.45) is -6.17. The predicted molar refractivity (Wildman–Crippen MR) is 93.7 cm³/mol. The molecule has 0 bridgehead atoms. The van der Waals surface area contributed by atoms with Gasteiger partial charge in [-0.2, -0.15) is 0 Å². The third-order valence-corrected chi connectivity index (χ3v) is 4.83. The molecule has 0 aromatic carbocycles. The van der Waals surface area contributed by atoms with Crippen molar-refractivity contribution in [3.8, 4) is 0 Å². The zero-order valence-corrected chi connectivity index (χ0v) is 16.3. The van der Waals surface area contributed by atoms with Gasteiger partial charge >= 0.3 is 11.9 Å². The Balaban J connectivity index is 2.27. The molecular formula is C18H26O11. The maximum atomic E-state index is 12.1. The van der Waals surface area contributed by atoms with Gasteiger partial charge in [-0.15, -0.1) is 0 Å². The van der Waals surface area contributed by atoms with Gasteiger partial charge < -0.3 is 44.1 Å². The Hall–Kier alpha value is -2.02. The molecule has 0 aliphatic carbocycles. The second kappa shape index (κ2) is 10.1. The summed E-state index contributed by atoms with van der Waals surface area (Å²) in [5, 5.41) is 39.2. The molecule has 2 aliphatic heterocycles. The molecule has 2 unspecified atom stereocenters. The molecule has 7 atom stereocenters. The van der Waals surface area contributed by atoms with Crippen LogP contribution in [-0.2, 0) is 33.3 Å². The Bertz CT molecular complexity index is 656. The largest absolute Gasteiger partial charge is 0.469 e. The number of ether oxygens (including phenoxy) is 5. The van der Waals surface area contributed by atoms with Crippen molar-refractivity contribution < 1.29 is 53.7 Å². The molecule has 0 saturated carbocycles. The number of allylic oxidation sites excluding steroid dienone is 1. The van der Waals surface area contributed by atoms with Gasteiger partial charge in [-0.1, -0.05) is 6.08 Å². The molecule has 29 heavy (non-hydrogen) atoms. The highest BCUT2D eigenvalue weighted by Gasteiger charge is 2.46. The molecule has 2 aliphatic rings. The van der Waals surface area contributed by atoms with Gasteiger partial charge in [-0.3, -0.25) is 4.79 Å². The Morgan fingerprint density at radius 1 is 1.14 bits per heavy atom. The summed E-state index contributed by atoms with van der Waals surface area (Å²) in [5.74, 6) is -2.08. The zero-order valence-electron chi connectivity index (χ0n) is 16.3. The monoisotopic (exact) mass is 418 g/mol. The minimum Gasteiger partial charge on any atom is -0.469 e. The van der Waals surface area contributed by atoms with Gasteiger partial charge in [0.25, 0.3) is 0 Å². The summed E-state index contributed by atoms with van der Waals surface area (Å²) in [4.78, 5) is 23.9. The second-order valence-corrected chi connectivity index (χ2v) is 6.49. The molecule has 0 radical (unpaired) electrons. The molecule has 1 fully saturated rings. The molecule has 11 nitrogen and oxygen atoms in total. The topological polar surface area (TPSA) is 161 Å². The first-order valence-corrected chi connectivity index (χ1v) is 8.91. The highest BCUT2D eigenvalue weighted by molar-refractivity contribution is 5.90. The third-order valence-electron chi connectivity index (χ3n) is 4.83. The predicted octanol–water partition coefficient (Wildman–Crippen LogP) is -1.66. The summed E-state index contributed by atoms with van der Waals surface area (Å²) in [6, 6.07) is 0. The van der Waals surface area contributed by atoms with Crippen molar-refractivity contribution in [2.45, 2.75) is 50.3 Å². The van der Waals surface area contributed by atoms with Crippen molar-refractivity contribution >= 4 is 11.9 Å². The molecule has 2 rings (SSSR count). The number of hydrogen-bond donors (Lipinski definition) is 4. The fraction of sp³-hybridized carbons (Fsp3) is 0.667. The Kier molecular flexibility index (Phi) is 8.14. The number of aliphatic hydroxyl groups excluding tert-OH is 4. The Labute approximate surface area is 167 Å². The molecule has 0 amide bonds. The van der Waals surface area contributed by atoms with E-state index < -0.39 is 61.5 Å². The Morgan fingerprint density at radius 3 is 2.38 bits per heavy atom. The Morgan fingerprint density at radius 2 is 1.83 bits per heavy atom. The normalized spacial score (nSPS) is 36.2. The van der Waals surface area contributed by atoms with Crippen molar-refractivity contribution in [1.82, 2.24) is 0 Å². The molecule has 11 heteroatoms. The molecule has 0 spiro atoms. The molecule has 4 N–H and O–H groups in total. The van der Waals surface area contributed by atoms with Crippen LogP contribution in [-0.4, -0.2) is 90.2 Å². The first-order chi connectivity index (χ1) is 13.8. The minimum atomic E-state index is -1.64. The van der Waals surface area contributed by atoms with Crippen LogP contribution < -0.4 is 0 Å². The number of methoxy groups -OCH3 is 2. The standard InChI is InChI=1S/C18H26O11/c1-4-8-9(5-12(20)25-2)10(16(24)26-3)7-27-17(8)29-18-15(23)14(22)13(21)11(6-19)28-18/h4,7,9,11,13-15,17-19,21-23H,5-6H2,1-3H3/b8-4-/t9?,11-,13-,14+,15-,17+,18?/m1/s1.